The van der Waals surface area contributed by atoms with Crippen LogP contribution in [0.4, 0.5) is 0 Å². The second-order valence-corrected chi connectivity index (χ2v) is 4.71. The Labute approximate surface area is 67.6 Å². The highest BCUT2D eigenvalue weighted by atomic mass is 16.4. The predicted octanol–water partition coefficient (Wildman–Crippen LogP) is 2.29. The lowest BCUT2D eigenvalue weighted by molar-refractivity contribution is -0.147. The Morgan fingerprint density at radius 2 is 1.82 bits per heavy atom. The molecule has 1 aliphatic carbocycles. The summed E-state index contributed by atoms with van der Waals surface area (Å²) in [6, 6.07) is 0. The SMILES string of the molecule is CC1(C)CC[C@](C)(C(=O)O)C1. The van der Waals surface area contributed by atoms with Crippen molar-refractivity contribution >= 4 is 5.97 Å². The molecule has 2 nitrogen and oxygen atoms in total. The average Bonchev–Trinajstić information content (AvgIpc) is 2.08. The van der Waals surface area contributed by atoms with Crippen molar-refractivity contribution in [3.8, 4) is 0 Å². The molecule has 0 saturated heterocycles. The molecule has 0 aromatic carbocycles. The first-order valence-electron chi connectivity index (χ1n) is 4.09. The van der Waals surface area contributed by atoms with Crippen LogP contribution in [0.5, 0.6) is 0 Å². The smallest absolute Gasteiger partial charge is 0.309 e. The minimum Gasteiger partial charge on any atom is -0.481 e. The second kappa shape index (κ2) is 2.23. The third kappa shape index (κ3) is 1.55. The third-order valence-corrected chi connectivity index (χ3v) is 2.74. The lowest BCUT2D eigenvalue weighted by Crippen LogP contribution is -2.25. The highest BCUT2D eigenvalue weighted by Gasteiger charge is 2.44. The Bertz CT molecular complexity index is 184. The Balaban J connectivity index is 2.73. The number of hydrogen-bond acceptors (Lipinski definition) is 1. The van der Waals surface area contributed by atoms with E-state index in [1.165, 1.54) is 0 Å². The van der Waals surface area contributed by atoms with Gasteiger partial charge in [0.15, 0.2) is 0 Å². The summed E-state index contributed by atoms with van der Waals surface area (Å²) < 4.78 is 0. The molecule has 1 atom stereocenters. The minimum absolute atomic E-state index is 0.229. The van der Waals surface area contributed by atoms with Gasteiger partial charge in [-0.05, 0) is 31.6 Å². The summed E-state index contributed by atoms with van der Waals surface area (Å²) >= 11 is 0. The number of carboxylic acids is 1. The summed E-state index contributed by atoms with van der Waals surface area (Å²) in [5.74, 6) is -0.636. The molecule has 0 aromatic heterocycles. The fourth-order valence-electron chi connectivity index (χ4n) is 2.03. The molecule has 1 N–H and O–H groups in total. The first kappa shape index (κ1) is 8.57. The quantitative estimate of drug-likeness (QED) is 0.632. The Morgan fingerprint density at radius 1 is 1.27 bits per heavy atom. The van der Waals surface area contributed by atoms with Gasteiger partial charge in [-0.1, -0.05) is 13.8 Å². The van der Waals surface area contributed by atoms with E-state index in [-0.39, 0.29) is 5.41 Å². The van der Waals surface area contributed by atoms with E-state index in [0.29, 0.717) is 0 Å². The molecule has 0 aliphatic heterocycles. The van der Waals surface area contributed by atoms with Crippen LogP contribution in [0.25, 0.3) is 0 Å². The van der Waals surface area contributed by atoms with Gasteiger partial charge in [0, 0.05) is 0 Å². The van der Waals surface area contributed by atoms with E-state index in [4.69, 9.17) is 5.11 Å². The van der Waals surface area contributed by atoms with Crippen molar-refractivity contribution in [1.29, 1.82) is 0 Å². The van der Waals surface area contributed by atoms with Crippen LogP contribution >= 0.6 is 0 Å². The lowest BCUT2D eigenvalue weighted by atomic mass is 9.83. The van der Waals surface area contributed by atoms with E-state index in [2.05, 4.69) is 13.8 Å². The van der Waals surface area contributed by atoms with E-state index in [1.807, 2.05) is 6.92 Å². The number of carboxylic acid groups (broad SMARTS) is 1. The van der Waals surface area contributed by atoms with Gasteiger partial charge in [-0.15, -0.1) is 0 Å². The molecule has 0 unspecified atom stereocenters. The van der Waals surface area contributed by atoms with Crippen LogP contribution in [-0.4, -0.2) is 11.1 Å². The average molecular weight is 156 g/mol. The van der Waals surface area contributed by atoms with Gasteiger partial charge in [0.1, 0.15) is 0 Å². The Kier molecular flexibility index (Phi) is 1.73. The molecule has 64 valence electrons. The number of rotatable bonds is 1. The molecule has 1 aliphatic rings. The largest absolute Gasteiger partial charge is 0.481 e. The lowest BCUT2D eigenvalue weighted by Gasteiger charge is -2.21. The zero-order valence-corrected chi connectivity index (χ0v) is 7.48. The Hall–Kier alpha value is -0.530. The zero-order valence-electron chi connectivity index (χ0n) is 7.48. The van der Waals surface area contributed by atoms with Crippen molar-refractivity contribution in [2.24, 2.45) is 10.8 Å². The van der Waals surface area contributed by atoms with Crippen molar-refractivity contribution in [2.75, 3.05) is 0 Å². The highest BCUT2D eigenvalue weighted by molar-refractivity contribution is 5.74. The maximum absolute atomic E-state index is 10.8. The number of aliphatic carboxylic acids is 1. The van der Waals surface area contributed by atoms with Gasteiger partial charge in [-0.25, -0.2) is 0 Å². The summed E-state index contributed by atoms with van der Waals surface area (Å²) in [6.07, 6.45) is 2.68. The second-order valence-electron chi connectivity index (χ2n) is 4.71. The van der Waals surface area contributed by atoms with Gasteiger partial charge >= 0.3 is 5.97 Å². The van der Waals surface area contributed by atoms with E-state index >= 15 is 0 Å². The third-order valence-electron chi connectivity index (χ3n) is 2.74. The van der Waals surface area contributed by atoms with Gasteiger partial charge < -0.3 is 5.11 Å². The van der Waals surface area contributed by atoms with E-state index in [0.717, 1.165) is 19.3 Å². The summed E-state index contributed by atoms with van der Waals surface area (Å²) in [5.41, 5.74) is -0.226. The van der Waals surface area contributed by atoms with Crippen molar-refractivity contribution in [3.05, 3.63) is 0 Å². The van der Waals surface area contributed by atoms with Gasteiger partial charge in [0.05, 0.1) is 5.41 Å². The first-order chi connectivity index (χ1) is 4.86. The molecule has 2 heteroatoms. The molecule has 0 radical (unpaired) electrons. The van der Waals surface area contributed by atoms with E-state index in [1.54, 1.807) is 0 Å². The summed E-state index contributed by atoms with van der Waals surface area (Å²) in [6.45, 7) is 6.13. The van der Waals surface area contributed by atoms with Crippen molar-refractivity contribution in [1.82, 2.24) is 0 Å². The molecule has 1 saturated carbocycles. The van der Waals surface area contributed by atoms with Crippen molar-refractivity contribution in [2.45, 2.75) is 40.0 Å². The summed E-state index contributed by atoms with van der Waals surface area (Å²) in [5, 5.41) is 8.90. The van der Waals surface area contributed by atoms with Gasteiger partial charge in [0.25, 0.3) is 0 Å². The molecule has 0 heterocycles. The molecular formula is C9H16O2. The van der Waals surface area contributed by atoms with Crippen LogP contribution < -0.4 is 0 Å². The van der Waals surface area contributed by atoms with Crippen LogP contribution in [0.2, 0.25) is 0 Å². The summed E-state index contributed by atoms with van der Waals surface area (Å²) in [4.78, 5) is 10.8. The molecule has 11 heavy (non-hydrogen) atoms. The fraction of sp³-hybridized carbons (Fsp3) is 0.889. The molecule has 1 rings (SSSR count). The van der Waals surface area contributed by atoms with Gasteiger partial charge in [-0.3, -0.25) is 4.79 Å². The molecule has 1 fully saturated rings. The van der Waals surface area contributed by atoms with Crippen molar-refractivity contribution in [3.63, 3.8) is 0 Å². The van der Waals surface area contributed by atoms with E-state index in [9.17, 15) is 4.79 Å². The van der Waals surface area contributed by atoms with E-state index < -0.39 is 11.4 Å². The standard InChI is InChI=1S/C9H16O2/c1-8(2)4-5-9(3,6-8)7(10)11/h4-6H2,1-3H3,(H,10,11)/t9-/m0/s1. The molecular weight excluding hydrogens is 140 g/mol. The number of hydrogen-bond donors (Lipinski definition) is 1. The summed E-state index contributed by atoms with van der Waals surface area (Å²) in [7, 11) is 0. The molecule has 0 aromatic rings. The minimum atomic E-state index is -0.636. The monoisotopic (exact) mass is 156 g/mol. The fourth-order valence-corrected chi connectivity index (χ4v) is 2.03. The Morgan fingerprint density at radius 3 is 2.00 bits per heavy atom. The van der Waals surface area contributed by atoms with Crippen LogP contribution in [0.3, 0.4) is 0 Å². The van der Waals surface area contributed by atoms with Gasteiger partial charge in [0.2, 0.25) is 0 Å². The number of carbonyl (C=O) groups is 1. The van der Waals surface area contributed by atoms with Crippen LogP contribution in [0.15, 0.2) is 0 Å². The van der Waals surface area contributed by atoms with Gasteiger partial charge in [-0.2, -0.15) is 0 Å². The van der Waals surface area contributed by atoms with Crippen molar-refractivity contribution < 1.29 is 9.90 Å². The maximum Gasteiger partial charge on any atom is 0.309 e. The molecule has 0 spiro atoms. The first-order valence-corrected chi connectivity index (χ1v) is 4.09. The van der Waals surface area contributed by atoms with Crippen LogP contribution in [0, 0.1) is 10.8 Å². The zero-order chi connectivity index (χ0) is 8.70. The topological polar surface area (TPSA) is 37.3 Å². The normalized spacial score (nSPS) is 35.5. The maximum atomic E-state index is 10.8. The highest BCUT2D eigenvalue weighted by Crippen LogP contribution is 2.48. The van der Waals surface area contributed by atoms with Crippen LogP contribution in [0.1, 0.15) is 40.0 Å². The molecule has 0 bridgehead atoms. The molecule has 0 amide bonds. The predicted molar refractivity (Wildman–Crippen MR) is 43.4 cm³/mol. The van der Waals surface area contributed by atoms with Crippen LogP contribution in [-0.2, 0) is 4.79 Å².